The second-order valence-corrected chi connectivity index (χ2v) is 6.16. The largest absolute Gasteiger partial charge is 0.494 e. The van der Waals surface area contributed by atoms with Gasteiger partial charge in [-0.3, -0.25) is 14.6 Å². The lowest BCUT2D eigenvalue weighted by Crippen LogP contribution is -2.30. The number of ether oxygens (including phenoxy) is 1. The highest BCUT2D eigenvalue weighted by atomic mass is 16.5. The summed E-state index contributed by atoms with van der Waals surface area (Å²) < 4.78 is 5.66. The van der Waals surface area contributed by atoms with Crippen LogP contribution < -0.4 is 10.1 Å². The predicted molar refractivity (Wildman–Crippen MR) is 95.9 cm³/mol. The number of nitrogens with one attached hydrogen (secondary N) is 1. The molecule has 1 aliphatic rings. The number of benzene rings is 1. The fraction of sp³-hybridized carbons (Fsp3) is 0.421. The van der Waals surface area contributed by atoms with Crippen LogP contribution in [0.2, 0.25) is 0 Å². The summed E-state index contributed by atoms with van der Waals surface area (Å²) in [6.07, 6.45) is 5.54. The minimum Gasteiger partial charge on any atom is -0.494 e. The lowest BCUT2D eigenvalue weighted by Gasteiger charge is -2.10. The number of allylic oxidation sites excluding steroid dienone is 1. The van der Waals surface area contributed by atoms with Crippen molar-refractivity contribution in [2.75, 3.05) is 13.2 Å². The number of nitrogens with zero attached hydrogens (tertiary/aromatic N) is 1. The van der Waals surface area contributed by atoms with E-state index in [1.807, 2.05) is 31.2 Å². The molecule has 0 radical (unpaired) electrons. The van der Waals surface area contributed by atoms with Crippen LogP contribution in [0.15, 0.2) is 41.5 Å². The smallest absolute Gasteiger partial charge is 0.303 e. The standard InChI is InChI=1S/C19H24N2O4/c1-14(13-18(23)24)12-15-5-7-16(8-6-15)25-11-3-10-21-19-17(22)4-2-9-20-19/h2,5-9,14H,3-4,10-13H2,1H3,(H,20,21)(H,23,24). The first-order valence-electron chi connectivity index (χ1n) is 8.47. The zero-order chi connectivity index (χ0) is 18.1. The molecule has 0 aliphatic carbocycles. The fourth-order valence-electron chi connectivity index (χ4n) is 2.55. The molecule has 0 saturated carbocycles. The minimum atomic E-state index is -0.767. The van der Waals surface area contributed by atoms with Crippen LogP contribution in [0.1, 0.15) is 31.7 Å². The van der Waals surface area contributed by atoms with Crippen LogP contribution in [-0.2, 0) is 16.0 Å². The molecule has 1 heterocycles. The van der Waals surface area contributed by atoms with Gasteiger partial charge < -0.3 is 15.2 Å². The van der Waals surface area contributed by atoms with Gasteiger partial charge in [-0.05, 0) is 36.2 Å². The summed E-state index contributed by atoms with van der Waals surface area (Å²) in [5, 5.41) is 11.6. The molecule has 0 fully saturated rings. The topological polar surface area (TPSA) is 88.0 Å². The van der Waals surface area contributed by atoms with Crippen molar-refractivity contribution in [1.82, 2.24) is 5.32 Å². The van der Waals surface area contributed by atoms with Crippen LogP contribution in [0.4, 0.5) is 0 Å². The van der Waals surface area contributed by atoms with E-state index in [1.165, 1.54) is 0 Å². The minimum absolute atomic E-state index is 0.0103. The second-order valence-electron chi connectivity index (χ2n) is 6.16. The van der Waals surface area contributed by atoms with Crippen molar-refractivity contribution in [2.45, 2.75) is 32.6 Å². The highest BCUT2D eigenvalue weighted by Crippen LogP contribution is 2.16. The molecule has 0 amide bonds. The van der Waals surface area contributed by atoms with Gasteiger partial charge in [-0.15, -0.1) is 0 Å². The molecule has 0 spiro atoms. The highest BCUT2D eigenvalue weighted by molar-refractivity contribution is 6.40. The summed E-state index contributed by atoms with van der Waals surface area (Å²) in [5.41, 5.74) is 1.10. The number of hydrogen-bond acceptors (Lipinski definition) is 4. The molecule has 1 atom stereocenters. The van der Waals surface area contributed by atoms with Gasteiger partial charge in [-0.1, -0.05) is 25.1 Å². The number of ketones is 1. The fourth-order valence-corrected chi connectivity index (χ4v) is 2.55. The molecule has 2 rings (SSSR count). The zero-order valence-electron chi connectivity index (χ0n) is 14.4. The summed E-state index contributed by atoms with van der Waals surface area (Å²) in [6, 6.07) is 7.72. The average Bonchev–Trinajstić information content (AvgIpc) is 2.57. The highest BCUT2D eigenvalue weighted by Gasteiger charge is 2.11. The van der Waals surface area contributed by atoms with E-state index in [9.17, 15) is 9.59 Å². The van der Waals surface area contributed by atoms with Crippen molar-refractivity contribution < 1.29 is 19.4 Å². The molecule has 2 N–H and O–H groups in total. The van der Waals surface area contributed by atoms with Crippen LogP contribution in [0, 0.1) is 5.92 Å². The third kappa shape index (κ3) is 6.79. The van der Waals surface area contributed by atoms with Crippen LogP contribution >= 0.6 is 0 Å². The van der Waals surface area contributed by atoms with Gasteiger partial charge in [0.1, 0.15) is 5.75 Å². The molecule has 1 unspecified atom stereocenters. The number of carboxylic acid groups (broad SMARTS) is 1. The number of rotatable bonds is 9. The number of aliphatic carboxylic acids is 1. The molecular formula is C19H24N2O4. The number of hydrogen-bond donors (Lipinski definition) is 2. The normalized spacial score (nSPS) is 16.5. The maximum Gasteiger partial charge on any atom is 0.303 e. The van der Waals surface area contributed by atoms with Crippen LogP contribution in [0.25, 0.3) is 0 Å². The zero-order valence-corrected chi connectivity index (χ0v) is 14.4. The average molecular weight is 344 g/mol. The first-order chi connectivity index (χ1) is 12.0. The van der Waals surface area contributed by atoms with Crippen molar-refractivity contribution in [1.29, 1.82) is 0 Å². The van der Waals surface area contributed by atoms with Gasteiger partial charge in [0, 0.05) is 25.8 Å². The predicted octanol–water partition coefficient (Wildman–Crippen LogP) is 2.58. The number of carbonyl (C=O) groups excluding carboxylic acids is 1. The monoisotopic (exact) mass is 344 g/mol. The van der Waals surface area contributed by atoms with Crippen molar-refractivity contribution in [3.05, 3.63) is 42.1 Å². The molecule has 1 aromatic carbocycles. The molecule has 0 bridgehead atoms. The molecule has 6 heteroatoms. The molecule has 6 nitrogen and oxygen atoms in total. The van der Waals surface area contributed by atoms with Crippen LogP contribution in [-0.4, -0.2) is 35.8 Å². The van der Waals surface area contributed by atoms with Gasteiger partial charge in [0.2, 0.25) is 5.78 Å². The van der Waals surface area contributed by atoms with E-state index in [0.717, 1.165) is 24.2 Å². The Morgan fingerprint density at radius 3 is 2.80 bits per heavy atom. The van der Waals surface area contributed by atoms with Gasteiger partial charge in [0.15, 0.2) is 5.84 Å². The third-order valence-electron chi connectivity index (χ3n) is 3.78. The lowest BCUT2D eigenvalue weighted by atomic mass is 9.98. The van der Waals surface area contributed by atoms with E-state index in [0.29, 0.717) is 25.4 Å². The van der Waals surface area contributed by atoms with E-state index in [2.05, 4.69) is 10.3 Å². The molecule has 25 heavy (non-hydrogen) atoms. The van der Waals surface area contributed by atoms with E-state index in [1.54, 1.807) is 12.3 Å². The van der Waals surface area contributed by atoms with E-state index < -0.39 is 5.97 Å². The lowest BCUT2D eigenvalue weighted by molar-refractivity contribution is -0.137. The Balaban J connectivity index is 1.69. The number of carbonyl (C=O) groups is 2. The van der Waals surface area contributed by atoms with E-state index >= 15 is 0 Å². The Morgan fingerprint density at radius 2 is 2.12 bits per heavy atom. The Kier molecular flexibility index (Phi) is 7.19. The van der Waals surface area contributed by atoms with Crippen LogP contribution in [0.3, 0.4) is 0 Å². The number of carboxylic acids is 1. The van der Waals surface area contributed by atoms with E-state index in [-0.39, 0.29) is 18.1 Å². The van der Waals surface area contributed by atoms with E-state index in [4.69, 9.17) is 9.84 Å². The molecule has 1 aromatic rings. The number of aliphatic imine (C=N–C) groups is 1. The Hall–Kier alpha value is -2.63. The SMILES string of the molecule is CC(CC(=O)O)Cc1ccc(OCCCN=C2NC=CCC2=O)cc1. The molecular weight excluding hydrogens is 320 g/mol. The first kappa shape index (κ1) is 18.7. The van der Waals surface area contributed by atoms with Crippen LogP contribution in [0.5, 0.6) is 5.75 Å². The maximum absolute atomic E-state index is 11.5. The van der Waals surface area contributed by atoms with Crippen molar-refractivity contribution in [3.8, 4) is 5.75 Å². The summed E-state index contributed by atoms with van der Waals surface area (Å²) in [7, 11) is 0. The third-order valence-corrected chi connectivity index (χ3v) is 3.78. The Labute approximate surface area is 147 Å². The van der Waals surface area contributed by atoms with Gasteiger partial charge in [0.25, 0.3) is 0 Å². The first-order valence-corrected chi connectivity index (χ1v) is 8.47. The molecule has 0 saturated heterocycles. The van der Waals surface area contributed by atoms with Gasteiger partial charge in [-0.2, -0.15) is 0 Å². The Morgan fingerprint density at radius 1 is 1.36 bits per heavy atom. The molecule has 134 valence electrons. The van der Waals surface area contributed by atoms with Gasteiger partial charge >= 0.3 is 5.97 Å². The van der Waals surface area contributed by atoms with Gasteiger partial charge in [-0.25, -0.2) is 0 Å². The Bertz CT molecular complexity index is 650. The summed E-state index contributed by atoms with van der Waals surface area (Å²) in [5.74, 6) is 0.544. The van der Waals surface area contributed by atoms with Crippen molar-refractivity contribution in [3.63, 3.8) is 0 Å². The summed E-state index contributed by atoms with van der Waals surface area (Å²) in [6.45, 7) is 2.99. The summed E-state index contributed by atoms with van der Waals surface area (Å²) >= 11 is 0. The molecule has 0 aromatic heterocycles. The van der Waals surface area contributed by atoms with Crippen molar-refractivity contribution >= 4 is 17.6 Å². The quantitative estimate of drug-likeness (QED) is 0.672. The van der Waals surface area contributed by atoms with Gasteiger partial charge in [0.05, 0.1) is 6.61 Å². The summed E-state index contributed by atoms with van der Waals surface area (Å²) in [4.78, 5) is 26.5. The number of Topliss-reactive ketones (excluding diaryl/α,β-unsaturated/α-hetero) is 1. The molecule has 1 aliphatic heterocycles. The maximum atomic E-state index is 11.5. The number of amidine groups is 1. The van der Waals surface area contributed by atoms with Crippen molar-refractivity contribution in [2.24, 2.45) is 10.9 Å². The second kappa shape index (κ2) is 9.61.